The molecule has 1 amide bonds. The summed E-state index contributed by atoms with van der Waals surface area (Å²) in [5, 5.41) is 4.19. The maximum Gasteiger partial charge on any atom is 0.255 e. The Bertz CT molecular complexity index is 1170. The van der Waals surface area contributed by atoms with Crippen LogP contribution in [0.25, 0.3) is 20.8 Å². The van der Waals surface area contributed by atoms with E-state index in [-0.39, 0.29) is 5.91 Å². The quantitative estimate of drug-likeness (QED) is 0.462. The molecule has 0 aliphatic rings. The number of nitrogens with one attached hydrogen (secondary N) is 1. The van der Waals surface area contributed by atoms with Gasteiger partial charge in [-0.1, -0.05) is 17.7 Å². The molecule has 7 heteroatoms. The van der Waals surface area contributed by atoms with Crippen molar-refractivity contribution in [3.8, 4) is 22.1 Å². The first kappa shape index (κ1) is 19.1. The van der Waals surface area contributed by atoms with Gasteiger partial charge in [-0.25, -0.2) is 4.98 Å². The topological polar surface area (TPSA) is 60.5 Å². The van der Waals surface area contributed by atoms with Gasteiger partial charge < -0.3 is 14.8 Å². The number of aromatic nitrogens is 1. The summed E-state index contributed by atoms with van der Waals surface area (Å²) in [6.07, 6.45) is 0. The van der Waals surface area contributed by atoms with Crippen LogP contribution in [0.2, 0.25) is 5.02 Å². The van der Waals surface area contributed by atoms with E-state index in [0.29, 0.717) is 27.8 Å². The second-order valence-electron chi connectivity index (χ2n) is 6.05. The number of methoxy groups -OCH3 is 2. The summed E-state index contributed by atoms with van der Waals surface area (Å²) in [5.41, 5.74) is 2.63. The Morgan fingerprint density at radius 1 is 1.10 bits per heavy atom. The predicted molar refractivity (Wildman–Crippen MR) is 115 cm³/mol. The van der Waals surface area contributed by atoms with Crippen molar-refractivity contribution >= 4 is 44.7 Å². The molecule has 0 unspecified atom stereocenters. The highest BCUT2D eigenvalue weighted by Crippen LogP contribution is 2.35. The van der Waals surface area contributed by atoms with Gasteiger partial charge in [-0.3, -0.25) is 4.79 Å². The van der Waals surface area contributed by atoms with Gasteiger partial charge in [-0.15, -0.1) is 11.3 Å². The first-order valence-corrected chi connectivity index (χ1v) is 9.80. The molecule has 5 nitrogen and oxygen atoms in total. The van der Waals surface area contributed by atoms with Crippen LogP contribution in [0.1, 0.15) is 10.4 Å². The van der Waals surface area contributed by atoms with Crippen molar-refractivity contribution < 1.29 is 14.3 Å². The number of halogens is 1. The fraction of sp³-hybridized carbons (Fsp3) is 0.0909. The number of nitrogens with zero attached hydrogens (tertiary/aromatic N) is 1. The van der Waals surface area contributed by atoms with Crippen molar-refractivity contribution in [2.45, 2.75) is 0 Å². The maximum absolute atomic E-state index is 12.7. The number of carbonyl (C=O) groups excluding carboxylic acids is 1. The minimum Gasteiger partial charge on any atom is -0.493 e. The standard InChI is InChI=1S/C22H15ClN2O3S/c1-27-18-10-7-13(11-19(18)28-2)21(26)24-14-8-9-16(23)15(12-14)22-25-17-5-3-4-6-20(17)29-22/h3,5,7-12H,1-2H3,(H,24,26). The maximum atomic E-state index is 12.7. The number of hydrogen-bond donors (Lipinski definition) is 1. The van der Waals surface area contributed by atoms with Crippen molar-refractivity contribution in [2.75, 3.05) is 19.5 Å². The van der Waals surface area contributed by atoms with E-state index in [9.17, 15) is 4.79 Å². The van der Waals surface area contributed by atoms with E-state index in [1.54, 1.807) is 43.5 Å². The Hall–Kier alpha value is -3.27. The Morgan fingerprint density at radius 3 is 2.69 bits per heavy atom. The van der Waals surface area contributed by atoms with Gasteiger partial charge in [0.25, 0.3) is 5.91 Å². The molecule has 0 bridgehead atoms. The molecule has 0 saturated heterocycles. The van der Waals surface area contributed by atoms with Gasteiger partial charge in [0, 0.05) is 16.8 Å². The summed E-state index contributed by atoms with van der Waals surface area (Å²) in [4.78, 5) is 17.3. The van der Waals surface area contributed by atoms with Crippen LogP contribution in [0.15, 0.2) is 48.5 Å². The number of ether oxygens (including phenoxy) is 2. The molecule has 0 saturated carbocycles. The molecule has 3 aromatic carbocycles. The Kier molecular flexibility index (Phi) is 5.26. The number of rotatable bonds is 5. The molecule has 0 aliphatic heterocycles. The lowest BCUT2D eigenvalue weighted by Gasteiger charge is -2.11. The molecule has 0 radical (unpaired) electrons. The van der Waals surface area contributed by atoms with E-state index in [4.69, 9.17) is 21.1 Å². The Morgan fingerprint density at radius 2 is 1.93 bits per heavy atom. The van der Waals surface area contributed by atoms with Crippen LogP contribution in [0.3, 0.4) is 0 Å². The average Bonchev–Trinajstić information content (AvgIpc) is 3.18. The number of hydrogen-bond acceptors (Lipinski definition) is 5. The molecular weight excluding hydrogens is 408 g/mol. The zero-order valence-electron chi connectivity index (χ0n) is 15.6. The minimum atomic E-state index is -0.272. The van der Waals surface area contributed by atoms with E-state index in [1.165, 1.54) is 18.4 Å². The Labute approximate surface area is 176 Å². The van der Waals surface area contributed by atoms with Gasteiger partial charge >= 0.3 is 0 Å². The molecule has 1 aromatic heterocycles. The highest BCUT2D eigenvalue weighted by molar-refractivity contribution is 7.21. The zero-order valence-corrected chi connectivity index (χ0v) is 17.1. The third-order valence-electron chi connectivity index (χ3n) is 4.26. The van der Waals surface area contributed by atoms with E-state index >= 15 is 0 Å². The highest BCUT2D eigenvalue weighted by Gasteiger charge is 2.14. The lowest BCUT2D eigenvalue weighted by molar-refractivity contribution is 0.102. The van der Waals surface area contributed by atoms with Crippen molar-refractivity contribution in [3.05, 3.63) is 71.2 Å². The van der Waals surface area contributed by atoms with Crippen molar-refractivity contribution in [2.24, 2.45) is 0 Å². The molecule has 1 heterocycles. The van der Waals surface area contributed by atoms with E-state index in [0.717, 1.165) is 20.8 Å². The third kappa shape index (κ3) is 3.83. The van der Waals surface area contributed by atoms with Crippen LogP contribution in [0.4, 0.5) is 5.69 Å². The first-order valence-electron chi connectivity index (χ1n) is 8.61. The van der Waals surface area contributed by atoms with Gasteiger partial charge in [0.15, 0.2) is 11.5 Å². The summed E-state index contributed by atoms with van der Waals surface area (Å²) < 4.78 is 11.4. The predicted octanol–water partition coefficient (Wildman–Crippen LogP) is 5.49. The van der Waals surface area contributed by atoms with E-state index in [1.807, 2.05) is 12.1 Å². The number of carbonyl (C=O) groups is 1. The summed E-state index contributed by atoms with van der Waals surface area (Å²) in [6.45, 7) is 0. The summed E-state index contributed by atoms with van der Waals surface area (Å²) in [6, 6.07) is 19.9. The van der Waals surface area contributed by atoms with Crippen molar-refractivity contribution in [3.63, 3.8) is 0 Å². The molecule has 0 spiro atoms. The van der Waals surface area contributed by atoms with Gasteiger partial charge in [0.05, 0.1) is 24.8 Å². The number of anilines is 1. The molecule has 144 valence electrons. The van der Waals surface area contributed by atoms with Gasteiger partial charge in [0.1, 0.15) is 9.71 Å². The normalized spacial score (nSPS) is 10.4. The summed E-state index contributed by atoms with van der Waals surface area (Å²) in [5.74, 6) is 0.772. The van der Waals surface area contributed by atoms with Gasteiger partial charge in [-0.2, -0.15) is 0 Å². The second kappa shape index (κ2) is 8.00. The highest BCUT2D eigenvalue weighted by atomic mass is 35.5. The van der Waals surface area contributed by atoms with Gasteiger partial charge in [-0.05, 0) is 54.6 Å². The number of benzene rings is 2. The monoisotopic (exact) mass is 422 g/mol. The van der Waals surface area contributed by atoms with Crippen LogP contribution < -0.4 is 14.8 Å². The van der Waals surface area contributed by atoms with Crippen LogP contribution >= 0.6 is 22.9 Å². The molecule has 0 fully saturated rings. The molecule has 29 heavy (non-hydrogen) atoms. The molecule has 0 atom stereocenters. The SMILES string of the molecule is COc1ccc(C(=O)Nc2ccc(Cl)c(-c3nc4ccc#cc4s3)c2)cc1OC. The summed E-state index contributed by atoms with van der Waals surface area (Å²) in [7, 11) is 3.07. The van der Waals surface area contributed by atoms with Crippen molar-refractivity contribution in [1.29, 1.82) is 0 Å². The lowest BCUT2D eigenvalue weighted by atomic mass is 10.1. The van der Waals surface area contributed by atoms with Crippen molar-refractivity contribution in [1.82, 2.24) is 4.98 Å². The fourth-order valence-corrected chi connectivity index (χ4v) is 4.03. The van der Waals surface area contributed by atoms with Crippen LogP contribution in [0.5, 0.6) is 11.5 Å². The van der Waals surface area contributed by atoms with Crippen LogP contribution in [0, 0.1) is 12.1 Å². The summed E-state index contributed by atoms with van der Waals surface area (Å²) >= 11 is 7.86. The third-order valence-corrected chi connectivity index (χ3v) is 5.61. The average molecular weight is 423 g/mol. The molecule has 0 aliphatic carbocycles. The molecule has 1 N–H and O–H groups in total. The minimum absolute atomic E-state index is 0.272. The molecule has 4 rings (SSSR count). The second-order valence-corrected chi connectivity index (χ2v) is 7.46. The van der Waals surface area contributed by atoms with E-state index in [2.05, 4.69) is 22.4 Å². The number of amides is 1. The lowest BCUT2D eigenvalue weighted by Crippen LogP contribution is -2.12. The molecular formula is C22H15ClN2O3S. The Balaban J connectivity index is 1.63. The smallest absolute Gasteiger partial charge is 0.255 e. The zero-order chi connectivity index (χ0) is 20.4. The number of thiazole rings is 1. The van der Waals surface area contributed by atoms with Crippen LogP contribution in [-0.4, -0.2) is 25.1 Å². The fourth-order valence-electron chi connectivity index (χ4n) is 2.83. The first-order chi connectivity index (χ1) is 14.1. The molecule has 4 aromatic rings. The largest absolute Gasteiger partial charge is 0.493 e. The van der Waals surface area contributed by atoms with E-state index < -0.39 is 0 Å². The van der Waals surface area contributed by atoms with Crippen LogP contribution in [-0.2, 0) is 0 Å². The van der Waals surface area contributed by atoms with Gasteiger partial charge in [0.2, 0.25) is 0 Å². The number of fused-ring (bicyclic) bond motifs is 1.